The first kappa shape index (κ1) is 20.3. The minimum absolute atomic E-state index is 0.00179. The van der Waals surface area contributed by atoms with E-state index >= 15 is 0 Å². The quantitative estimate of drug-likeness (QED) is 0.403. The van der Waals surface area contributed by atoms with Crippen LogP contribution in [-0.2, 0) is 11.2 Å². The predicted octanol–water partition coefficient (Wildman–Crippen LogP) is 4.46. The van der Waals surface area contributed by atoms with E-state index in [-0.39, 0.29) is 5.02 Å². The second-order valence-corrected chi connectivity index (χ2v) is 6.91. The summed E-state index contributed by atoms with van der Waals surface area (Å²) in [6, 6.07) is 9.53. The van der Waals surface area contributed by atoms with Gasteiger partial charge < -0.3 is 15.6 Å². The Labute approximate surface area is 182 Å². The van der Waals surface area contributed by atoms with Crippen LogP contribution in [0, 0.1) is 17.7 Å². The number of nitrogens with zero attached hydrogens (tertiary/aromatic N) is 3. The summed E-state index contributed by atoms with van der Waals surface area (Å²) >= 11 is 5.85. The Hall–Kier alpha value is -3.96. The van der Waals surface area contributed by atoms with Crippen molar-refractivity contribution < 1.29 is 9.18 Å². The van der Waals surface area contributed by atoms with Crippen LogP contribution < -0.4 is 10.6 Å². The van der Waals surface area contributed by atoms with Crippen molar-refractivity contribution in [1.82, 2.24) is 19.9 Å². The Morgan fingerprint density at radius 2 is 2.00 bits per heavy atom. The number of hydrogen-bond donors (Lipinski definition) is 3. The van der Waals surface area contributed by atoms with Crippen LogP contribution in [0.25, 0.3) is 10.9 Å². The number of aryl methyl sites for hydroxylation is 1. The first-order chi connectivity index (χ1) is 15.1. The minimum atomic E-state index is -0.505. The molecule has 0 fully saturated rings. The number of halogens is 2. The summed E-state index contributed by atoms with van der Waals surface area (Å²) < 4.78 is 13.4. The molecule has 31 heavy (non-hydrogen) atoms. The predicted molar refractivity (Wildman–Crippen MR) is 118 cm³/mol. The molecule has 2 aromatic heterocycles. The number of aromatic nitrogens is 4. The molecule has 7 nitrogen and oxygen atoms in total. The van der Waals surface area contributed by atoms with Gasteiger partial charge in [0.2, 0.25) is 0 Å². The van der Waals surface area contributed by atoms with Gasteiger partial charge in [0.1, 0.15) is 23.8 Å². The lowest BCUT2D eigenvalue weighted by atomic mass is 10.2. The van der Waals surface area contributed by atoms with Gasteiger partial charge >= 0.3 is 0 Å². The molecule has 0 saturated carbocycles. The molecule has 2 heterocycles. The lowest BCUT2D eigenvalue weighted by molar-refractivity contribution is -0.111. The number of nitrogens with one attached hydrogen (secondary N) is 3. The average Bonchev–Trinajstić information content (AvgIpc) is 3.28. The van der Waals surface area contributed by atoms with Crippen LogP contribution in [0.2, 0.25) is 5.02 Å². The van der Waals surface area contributed by atoms with E-state index in [0.717, 1.165) is 5.82 Å². The summed E-state index contributed by atoms with van der Waals surface area (Å²) in [6.45, 7) is 0. The molecule has 154 valence electrons. The van der Waals surface area contributed by atoms with Crippen LogP contribution >= 0.6 is 11.6 Å². The van der Waals surface area contributed by atoms with Crippen molar-refractivity contribution in [2.75, 3.05) is 10.6 Å². The number of aromatic amines is 1. The number of amides is 1. The number of hydrogen-bond acceptors (Lipinski definition) is 5. The van der Waals surface area contributed by atoms with E-state index in [9.17, 15) is 9.18 Å². The van der Waals surface area contributed by atoms with E-state index in [1.54, 1.807) is 36.7 Å². The van der Waals surface area contributed by atoms with Gasteiger partial charge in [0.15, 0.2) is 0 Å². The Morgan fingerprint density at radius 3 is 2.81 bits per heavy atom. The highest BCUT2D eigenvalue weighted by Crippen LogP contribution is 2.27. The van der Waals surface area contributed by atoms with E-state index in [1.165, 1.54) is 18.5 Å². The Balaban J connectivity index is 1.48. The molecule has 0 saturated heterocycles. The maximum atomic E-state index is 13.4. The second kappa shape index (κ2) is 9.24. The van der Waals surface area contributed by atoms with Crippen molar-refractivity contribution >= 4 is 45.6 Å². The van der Waals surface area contributed by atoms with Gasteiger partial charge in [-0.3, -0.25) is 4.79 Å². The first-order valence-corrected chi connectivity index (χ1v) is 9.71. The third-order valence-corrected chi connectivity index (χ3v) is 4.61. The number of rotatable bonds is 5. The van der Waals surface area contributed by atoms with Gasteiger partial charge in [-0.1, -0.05) is 17.5 Å². The fourth-order valence-corrected chi connectivity index (χ4v) is 3.05. The Bertz CT molecular complexity index is 1300. The maximum absolute atomic E-state index is 13.4. The molecule has 0 aliphatic carbocycles. The highest BCUT2D eigenvalue weighted by Gasteiger charge is 2.08. The van der Waals surface area contributed by atoms with Crippen LogP contribution in [0.5, 0.6) is 0 Å². The zero-order chi connectivity index (χ0) is 21.6. The van der Waals surface area contributed by atoms with Crippen molar-refractivity contribution in [3.8, 4) is 11.8 Å². The summed E-state index contributed by atoms with van der Waals surface area (Å²) in [5, 5.41) is 6.52. The molecule has 0 atom stereocenters. The number of benzene rings is 2. The summed E-state index contributed by atoms with van der Waals surface area (Å²) in [4.78, 5) is 27.7. The van der Waals surface area contributed by atoms with Crippen molar-refractivity contribution in [3.63, 3.8) is 0 Å². The van der Waals surface area contributed by atoms with Crippen LogP contribution in [0.15, 0.2) is 55.1 Å². The third kappa shape index (κ3) is 5.15. The summed E-state index contributed by atoms with van der Waals surface area (Å²) in [6.07, 6.45) is 5.99. The summed E-state index contributed by atoms with van der Waals surface area (Å²) in [5.74, 6) is 5.80. The molecule has 0 aliphatic heterocycles. The van der Waals surface area contributed by atoms with E-state index in [4.69, 9.17) is 11.6 Å². The molecule has 0 aliphatic rings. The summed E-state index contributed by atoms with van der Waals surface area (Å²) in [7, 11) is 0. The lowest BCUT2D eigenvalue weighted by Gasteiger charge is -2.10. The van der Waals surface area contributed by atoms with Crippen molar-refractivity contribution in [3.05, 3.63) is 71.8 Å². The van der Waals surface area contributed by atoms with Crippen LogP contribution in [0.1, 0.15) is 12.2 Å². The first-order valence-electron chi connectivity index (χ1n) is 9.33. The van der Waals surface area contributed by atoms with Crippen LogP contribution in [0.4, 0.5) is 21.6 Å². The minimum Gasteiger partial charge on any atom is -0.349 e. The topological polar surface area (TPSA) is 95.6 Å². The standard InChI is InChI=1S/C22H16ClFN6O/c23-17-12-15(5-7-18(17)24)30-22-16-11-14(6-8-19(16)27-13-28-22)29-21(31)4-2-1-3-20-25-9-10-26-20/h5-13H,1,3H2,(H,25,26)(H,29,31)(H,27,28,30). The van der Waals surface area contributed by atoms with E-state index in [2.05, 4.69) is 42.4 Å². The largest absolute Gasteiger partial charge is 0.349 e. The van der Waals surface area contributed by atoms with E-state index in [1.807, 2.05) is 0 Å². The molecular formula is C22H16ClFN6O. The molecule has 2 aromatic carbocycles. The number of anilines is 3. The maximum Gasteiger partial charge on any atom is 0.300 e. The average molecular weight is 435 g/mol. The van der Waals surface area contributed by atoms with Crippen LogP contribution in [-0.4, -0.2) is 25.8 Å². The van der Waals surface area contributed by atoms with Gasteiger partial charge in [-0.05, 0) is 42.3 Å². The molecule has 3 N–H and O–H groups in total. The zero-order valence-electron chi connectivity index (χ0n) is 16.1. The fraction of sp³-hybridized carbons (Fsp3) is 0.0909. The van der Waals surface area contributed by atoms with E-state index in [0.29, 0.717) is 40.9 Å². The lowest BCUT2D eigenvalue weighted by Crippen LogP contribution is -2.08. The van der Waals surface area contributed by atoms with Gasteiger partial charge in [-0.2, -0.15) is 0 Å². The molecule has 0 radical (unpaired) electrons. The number of carbonyl (C=O) groups is 1. The third-order valence-electron chi connectivity index (χ3n) is 4.32. The Morgan fingerprint density at radius 1 is 1.13 bits per heavy atom. The second-order valence-electron chi connectivity index (χ2n) is 6.50. The molecule has 1 amide bonds. The van der Waals surface area contributed by atoms with Crippen molar-refractivity contribution in [1.29, 1.82) is 0 Å². The number of H-pyrrole nitrogens is 1. The van der Waals surface area contributed by atoms with Gasteiger partial charge in [-0.15, -0.1) is 0 Å². The SMILES string of the molecule is O=C(C#CCCc1ncc[nH]1)Nc1ccc2ncnc(Nc3ccc(F)c(Cl)c3)c2c1. The molecule has 0 spiro atoms. The van der Waals surface area contributed by atoms with Crippen molar-refractivity contribution in [2.24, 2.45) is 0 Å². The molecule has 0 unspecified atom stereocenters. The van der Waals surface area contributed by atoms with Crippen LogP contribution in [0.3, 0.4) is 0 Å². The Kier molecular flexibility index (Phi) is 6.05. The van der Waals surface area contributed by atoms with Gasteiger partial charge in [0.25, 0.3) is 5.91 Å². The zero-order valence-corrected chi connectivity index (χ0v) is 16.9. The molecule has 4 rings (SSSR count). The molecular weight excluding hydrogens is 419 g/mol. The molecule has 9 heteroatoms. The summed E-state index contributed by atoms with van der Waals surface area (Å²) in [5.41, 5.74) is 1.80. The molecule has 0 bridgehead atoms. The highest BCUT2D eigenvalue weighted by molar-refractivity contribution is 6.31. The normalized spacial score (nSPS) is 10.4. The highest BCUT2D eigenvalue weighted by atomic mass is 35.5. The fourth-order valence-electron chi connectivity index (χ4n) is 2.87. The smallest absolute Gasteiger partial charge is 0.300 e. The van der Waals surface area contributed by atoms with Gasteiger partial charge in [0.05, 0.1) is 10.5 Å². The molecule has 4 aromatic rings. The van der Waals surface area contributed by atoms with Gasteiger partial charge in [0, 0.05) is 42.0 Å². The van der Waals surface area contributed by atoms with E-state index < -0.39 is 11.7 Å². The number of carbonyl (C=O) groups excluding carboxylic acids is 1. The number of fused-ring (bicyclic) bond motifs is 1. The van der Waals surface area contributed by atoms with Gasteiger partial charge in [-0.25, -0.2) is 19.3 Å². The monoisotopic (exact) mass is 434 g/mol. The van der Waals surface area contributed by atoms with Crippen molar-refractivity contribution in [2.45, 2.75) is 12.8 Å². The number of imidazole rings is 1.